The number of nitrogens with one attached hydrogen (secondary N) is 1. The van der Waals surface area contributed by atoms with E-state index in [2.05, 4.69) is 5.32 Å². The Morgan fingerprint density at radius 1 is 1.00 bits per heavy atom. The van der Waals surface area contributed by atoms with Gasteiger partial charge in [-0.1, -0.05) is 18.6 Å². The predicted octanol–water partition coefficient (Wildman–Crippen LogP) is 3.21. The van der Waals surface area contributed by atoms with Gasteiger partial charge in [0.25, 0.3) is 0 Å². The lowest BCUT2D eigenvalue weighted by Crippen LogP contribution is -2.48. The Morgan fingerprint density at radius 2 is 1.69 bits per heavy atom. The summed E-state index contributed by atoms with van der Waals surface area (Å²) in [6.45, 7) is 0. The molecule has 1 nitrogen and oxygen atoms in total. The smallest absolute Gasteiger partial charge is 0.123 e. The molecule has 0 atom stereocenters. The van der Waals surface area contributed by atoms with Gasteiger partial charge in [-0.25, -0.2) is 4.39 Å². The fraction of sp³-hybridized carbons (Fsp3) is 0.571. The summed E-state index contributed by atoms with van der Waals surface area (Å²) in [5.41, 5.74) is 1.30. The molecule has 2 aliphatic carbocycles. The Hall–Kier alpha value is -0.890. The Labute approximate surface area is 96.1 Å². The molecular formula is C14H18FN. The van der Waals surface area contributed by atoms with Crippen LogP contribution in [-0.4, -0.2) is 12.1 Å². The maximum Gasteiger partial charge on any atom is 0.123 e. The standard InChI is InChI=1S/C14H18FN/c15-12-6-4-10(5-7-12)11-8-14(9-11)16-13-2-1-3-13/h4-7,11,13-14,16H,1-3,8-9H2. The van der Waals surface area contributed by atoms with Crippen molar-refractivity contribution in [1.82, 2.24) is 5.32 Å². The van der Waals surface area contributed by atoms with Gasteiger partial charge >= 0.3 is 0 Å². The maximum absolute atomic E-state index is 12.8. The van der Waals surface area contributed by atoms with Gasteiger partial charge in [0.1, 0.15) is 5.82 Å². The third-order valence-electron chi connectivity index (χ3n) is 4.06. The van der Waals surface area contributed by atoms with E-state index in [4.69, 9.17) is 0 Å². The van der Waals surface area contributed by atoms with Crippen LogP contribution in [0.4, 0.5) is 4.39 Å². The molecule has 16 heavy (non-hydrogen) atoms. The molecule has 86 valence electrons. The SMILES string of the molecule is Fc1ccc(C2CC(NC3CCC3)C2)cc1. The molecule has 0 spiro atoms. The highest BCUT2D eigenvalue weighted by Gasteiger charge is 2.32. The molecule has 0 heterocycles. The van der Waals surface area contributed by atoms with E-state index in [1.807, 2.05) is 12.1 Å². The molecule has 0 radical (unpaired) electrons. The molecular weight excluding hydrogens is 201 g/mol. The van der Waals surface area contributed by atoms with Crippen molar-refractivity contribution >= 4 is 0 Å². The van der Waals surface area contributed by atoms with Crippen LogP contribution in [0, 0.1) is 5.82 Å². The second kappa shape index (κ2) is 4.17. The lowest BCUT2D eigenvalue weighted by Gasteiger charge is -2.41. The van der Waals surface area contributed by atoms with Crippen LogP contribution in [0.1, 0.15) is 43.6 Å². The van der Waals surface area contributed by atoms with Crippen molar-refractivity contribution in [3.05, 3.63) is 35.6 Å². The molecule has 2 fully saturated rings. The van der Waals surface area contributed by atoms with E-state index >= 15 is 0 Å². The highest BCUT2D eigenvalue weighted by Crippen LogP contribution is 2.38. The Kier molecular flexibility index (Phi) is 2.68. The number of rotatable bonds is 3. The zero-order valence-corrected chi connectivity index (χ0v) is 9.45. The van der Waals surface area contributed by atoms with Crippen molar-refractivity contribution in [3.63, 3.8) is 0 Å². The highest BCUT2D eigenvalue weighted by atomic mass is 19.1. The van der Waals surface area contributed by atoms with E-state index in [9.17, 15) is 4.39 Å². The Morgan fingerprint density at radius 3 is 2.25 bits per heavy atom. The van der Waals surface area contributed by atoms with E-state index in [-0.39, 0.29) is 5.82 Å². The molecule has 3 rings (SSSR count). The van der Waals surface area contributed by atoms with E-state index in [0.29, 0.717) is 12.0 Å². The van der Waals surface area contributed by atoms with Crippen LogP contribution in [0.15, 0.2) is 24.3 Å². The summed E-state index contributed by atoms with van der Waals surface area (Å²) in [5.74, 6) is 0.519. The fourth-order valence-electron chi connectivity index (χ4n) is 2.67. The second-order valence-electron chi connectivity index (χ2n) is 5.21. The quantitative estimate of drug-likeness (QED) is 0.823. The average molecular weight is 219 g/mol. The second-order valence-corrected chi connectivity index (χ2v) is 5.21. The van der Waals surface area contributed by atoms with Crippen LogP contribution in [0.5, 0.6) is 0 Å². The first kappa shape index (κ1) is 10.3. The summed E-state index contributed by atoms with van der Waals surface area (Å²) >= 11 is 0. The first-order valence-electron chi connectivity index (χ1n) is 6.33. The third kappa shape index (κ3) is 1.99. The number of benzene rings is 1. The van der Waals surface area contributed by atoms with Gasteiger partial charge in [0.15, 0.2) is 0 Å². The van der Waals surface area contributed by atoms with E-state index in [1.165, 1.54) is 37.7 Å². The first-order valence-corrected chi connectivity index (χ1v) is 6.33. The van der Waals surface area contributed by atoms with Gasteiger partial charge in [0.05, 0.1) is 0 Å². The monoisotopic (exact) mass is 219 g/mol. The molecule has 0 bridgehead atoms. The highest BCUT2D eigenvalue weighted by molar-refractivity contribution is 5.23. The molecule has 2 aliphatic rings. The Balaban J connectivity index is 1.50. The van der Waals surface area contributed by atoms with Gasteiger partial charge in [-0.05, 0) is 49.3 Å². The van der Waals surface area contributed by atoms with Gasteiger partial charge in [0.2, 0.25) is 0 Å². The molecule has 1 aromatic rings. The van der Waals surface area contributed by atoms with Crippen molar-refractivity contribution < 1.29 is 4.39 Å². The lowest BCUT2D eigenvalue weighted by atomic mass is 9.75. The molecule has 0 saturated heterocycles. The van der Waals surface area contributed by atoms with Crippen molar-refractivity contribution in [1.29, 1.82) is 0 Å². The Bertz CT molecular complexity index is 350. The van der Waals surface area contributed by atoms with Gasteiger partial charge in [0, 0.05) is 12.1 Å². The summed E-state index contributed by atoms with van der Waals surface area (Å²) in [4.78, 5) is 0. The average Bonchev–Trinajstić information content (AvgIpc) is 2.15. The van der Waals surface area contributed by atoms with E-state index in [1.54, 1.807) is 12.1 Å². The van der Waals surface area contributed by atoms with Crippen LogP contribution >= 0.6 is 0 Å². The summed E-state index contributed by atoms with van der Waals surface area (Å²) < 4.78 is 12.8. The van der Waals surface area contributed by atoms with E-state index in [0.717, 1.165) is 6.04 Å². The lowest BCUT2D eigenvalue weighted by molar-refractivity contribution is 0.220. The van der Waals surface area contributed by atoms with Crippen LogP contribution in [-0.2, 0) is 0 Å². The summed E-state index contributed by atoms with van der Waals surface area (Å²) in [7, 11) is 0. The minimum Gasteiger partial charge on any atom is -0.311 e. The van der Waals surface area contributed by atoms with Crippen molar-refractivity contribution in [3.8, 4) is 0 Å². The molecule has 0 aromatic heterocycles. The summed E-state index contributed by atoms with van der Waals surface area (Å²) in [6.07, 6.45) is 6.56. The minimum absolute atomic E-state index is 0.132. The molecule has 1 aromatic carbocycles. The zero-order chi connectivity index (χ0) is 11.0. The molecule has 0 aliphatic heterocycles. The maximum atomic E-state index is 12.8. The van der Waals surface area contributed by atoms with E-state index < -0.39 is 0 Å². The molecule has 2 saturated carbocycles. The predicted molar refractivity (Wildman–Crippen MR) is 62.9 cm³/mol. The van der Waals surface area contributed by atoms with Crippen molar-refractivity contribution in [2.24, 2.45) is 0 Å². The number of hydrogen-bond acceptors (Lipinski definition) is 1. The third-order valence-corrected chi connectivity index (χ3v) is 4.06. The largest absolute Gasteiger partial charge is 0.311 e. The van der Waals surface area contributed by atoms with Crippen LogP contribution < -0.4 is 5.32 Å². The number of hydrogen-bond donors (Lipinski definition) is 1. The molecule has 0 unspecified atom stereocenters. The molecule has 0 amide bonds. The zero-order valence-electron chi connectivity index (χ0n) is 9.45. The summed E-state index contributed by atoms with van der Waals surface area (Å²) in [5, 5.41) is 3.69. The molecule has 2 heteroatoms. The van der Waals surface area contributed by atoms with Gasteiger partial charge < -0.3 is 5.32 Å². The van der Waals surface area contributed by atoms with Gasteiger partial charge in [-0.2, -0.15) is 0 Å². The molecule has 1 N–H and O–H groups in total. The normalized spacial score (nSPS) is 29.6. The topological polar surface area (TPSA) is 12.0 Å². The van der Waals surface area contributed by atoms with Crippen molar-refractivity contribution in [2.45, 2.75) is 50.1 Å². The summed E-state index contributed by atoms with van der Waals surface area (Å²) in [6, 6.07) is 8.50. The van der Waals surface area contributed by atoms with Gasteiger partial charge in [-0.3, -0.25) is 0 Å². The number of halogens is 1. The van der Waals surface area contributed by atoms with Crippen LogP contribution in [0.3, 0.4) is 0 Å². The fourth-order valence-corrected chi connectivity index (χ4v) is 2.67. The van der Waals surface area contributed by atoms with Crippen molar-refractivity contribution in [2.75, 3.05) is 0 Å². The van der Waals surface area contributed by atoms with Gasteiger partial charge in [-0.15, -0.1) is 0 Å². The van der Waals surface area contributed by atoms with Crippen LogP contribution in [0.25, 0.3) is 0 Å². The van der Waals surface area contributed by atoms with Crippen LogP contribution in [0.2, 0.25) is 0 Å². The first-order chi connectivity index (χ1) is 7.81. The minimum atomic E-state index is -0.132.